The molecular formula is C8H7BrClN3O3S2. The molecule has 0 aliphatic carbocycles. The van der Waals surface area contributed by atoms with Gasteiger partial charge in [0.25, 0.3) is 0 Å². The summed E-state index contributed by atoms with van der Waals surface area (Å²) in [5.41, 5.74) is 0. The van der Waals surface area contributed by atoms with Crippen LogP contribution in [-0.4, -0.2) is 25.1 Å². The maximum absolute atomic E-state index is 11.9. The van der Waals surface area contributed by atoms with E-state index in [1.54, 1.807) is 0 Å². The molecule has 0 aliphatic rings. The number of rotatable bonds is 5. The Morgan fingerprint density at radius 1 is 1.56 bits per heavy atom. The number of aromatic nitrogens is 2. The van der Waals surface area contributed by atoms with E-state index in [9.17, 15) is 8.42 Å². The van der Waals surface area contributed by atoms with Crippen molar-refractivity contribution in [2.24, 2.45) is 0 Å². The third-order valence-electron chi connectivity index (χ3n) is 1.93. The summed E-state index contributed by atoms with van der Waals surface area (Å²) in [5, 5.41) is 3.80. The molecule has 2 aromatic rings. The number of nitrogens with zero attached hydrogens (tertiary/aromatic N) is 2. The van der Waals surface area contributed by atoms with Crippen molar-refractivity contribution in [3.8, 4) is 0 Å². The number of sulfonamides is 1. The van der Waals surface area contributed by atoms with Gasteiger partial charge in [0.1, 0.15) is 4.21 Å². The van der Waals surface area contributed by atoms with Crippen LogP contribution in [0, 0.1) is 0 Å². The minimum Gasteiger partial charge on any atom is -0.340 e. The second kappa shape index (κ2) is 5.66. The molecule has 2 aromatic heterocycles. The van der Waals surface area contributed by atoms with Gasteiger partial charge in [0, 0.05) is 13.0 Å². The molecule has 1 N–H and O–H groups in total. The molecule has 10 heteroatoms. The quantitative estimate of drug-likeness (QED) is 0.868. The highest BCUT2D eigenvalue weighted by Crippen LogP contribution is 2.34. The van der Waals surface area contributed by atoms with Crippen LogP contribution < -0.4 is 4.72 Å². The van der Waals surface area contributed by atoms with Gasteiger partial charge in [0.15, 0.2) is 6.33 Å². The van der Waals surface area contributed by atoms with Crippen LogP contribution in [0.5, 0.6) is 0 Å². The van der Waals surface area contributed by atoms with Gasteiger partial charge >= 0.3 is 0 Å². The summed E-state index contributed by atoms with van der Waals surface area (Å²) in [4.78, 5) is 3.79. The summed E-state index contributed by atoms with van der Waals surface area (Å²) < 4.78 is 31.7. The predicted molar refractivity (Wildman–Crippen MR) is 70.2 cm³/mol. The number of nitrogens with one attached hydrogen (secondary N) is 1. The fraction of sp³-hybridized carbons (Fsp3) is 0.250. The van der Waals surface area contributed by atoms with Gasteiger partial charge in [-0.2, -0.15) is 4.98 Å². The summed E-state index contributed by atoms with van der Waals surface area (Å²) in [6, 6.07) is 1.39. The van der Waals surface area contributed by atoms with Gasteiger partial charge < -0.3 is 4.52 Å². The van der Waals surface area contributed by atoms with Crippen molar-refractivity contribution in [2.45, 2.75) is 10.6 Å². The Kier molecular flexibility index (Phi) is 4.38. The third-order valence-corrected chi connectivity index (χ3v) is 6.33. The van der Waals surface area contributed by atoms with E-state index in [-0.39, 0.29) is 10.8 Å². The summed E-state index contributed by atoms with van der Waals surface area (Å²) in [5.74, 6) is 0.378. The van der Waals surface area contributed by atoms with Crippen LogP contribution in [0.2, 0.25) is 5.02 Å². The molecule has 0 spiro atoms. The van der Waals surface area contributed by atoms with Crippen molar-refractivity contribution in [2.75, 3.05) is 6.54 Å². The minimum absolute atomic E-state index is 0.157. The monoisotopic (exact) mass is 371 g/mol. The molecule has 0 radical (unpaired) electrons. The molecule has 0 saturated carbocycles. The lowest BCUT2D eigenvalue weighted by molar-refractivity contribution is 0.377. The number of hydrogen-bond acceptors (Lipinski definition) is 6. The Morgan fingerprint density at radius 3 is 2.89 bits per heavy atom. The first-order valence-electron chi connectivity index (χ1n) is 4.69. The largest absolute Gasteiger partial charge is 0.340 e. The highest BCUT2D eigenvalue weighted by Gasteiger charge is 2.18. The first kappa shape index (κ1) is 13.9. The molecule has 0 fully saturated rings. The van der Waals surface area contributed by atoms with Gasteiger partial charge in [-0.05, 0) is 22.0 Å². The maximum Gasteiger partial charge on any atom is 0.250 e. The maximum atomic E-state index is 11.9. The highest BCUT2D eigenvalue weighted by molar-refractivity contribution is 9.11. The molecule has 0 amide bonds. The van der Waals surface area contributed by atoms with Gasteiger partial charge in [0.2, 0.25) is 15.9 Å². The predicted octanol–water partition coefficient (Wildman–Crippen LogP) is 2.07. The Bertz CT molecular complexity index is 607. The van der Waals surface area contributed by atoms with Gasteiger partial charge in [0.05, 0.1) is 8.81 Å². The van der Waals surface area contributed by atoms with E-state index in [2.05, 4.69) is 30.8 Å². The topological polar surface area (TPSA) is 85.1 Å². The molecule has 0 bridgehead atoms. The number of thiophene rings is 1. The first-order chi connectivity index (χ1) is 8.49. The Morgan fingerprint density at radius 2 is 2.33 bits per heavy atom. The van der Waals surface area contributed by atoms with Crippen LogP contribution in [0.1, 0.15) is 5.89 Å². The number of halogens is 2. The zero-order valence-electron chi connectivity index (χ0n) is 8.76. The normalized spacial score (nSPS) is 11.9. The smallest absolute Gasteiger partial charge is 0.250 e. The molecular weight excluding hydrogens is 366 g/mol. The van der Waals surface area contributed by atoms with Crippen molar-refractivity contribution in [3.63, 3.8) is 0 Å². The Balaban J connectivity index is 1.99. The summed E-state index contributed by atoms with van der Waals surface area (Å²) in [6.07, 6.45) is 1.60. The zero-order valence-corrected chi connectivity index (χ0v) is 12.7. The van der Waals surface area contributed by atoms with Crippen molar-refractivity contribution in [3.05, 3.63) is 27.1 Å². The lowest BCUT2D eigenvalue weighted by atomic mass is 10.4. The van der Waals surface area contributed by atoms with Crippen LogP contribution in [0.4, 0.5) is 0 Å². The molecule has 6 nitrogen and oxygen atoms in total. The molecule has 0 atom stereocenters. The second-order valence-electron chi connectivity index (χ2n) is 3.17. The van der Waals surface area contributed by atoms with Crippen LogP contribution >= 0.6 is 38.9 Å². The van der Waals surface area contributed by atoms with Crippen LogP contribution in [-0.2, 0) is 16.4 Å². The molecule has 2 heterocycles. The molecule has 0 aromatic carbocycles. The first-order valence-corrected chi connectivity index (χ1v) is 8.16. The van der Waals surface area contributed by atoms with Crippen LogP contribution in [0.15, 0.2) is 24.9 Å². The van der Waals surface area contributed by atoms with Crippen LogP contribution in [0.25, 0.3) is 0 Å². The van der Waals surface area contributed by atoms with E-state index in [1.165, 1.54) is 12.4 Å². The van der Waals surface area contributed by atoms with Crippen molar-refractivity contribution < 1.29 is 12.9 Å². The van der Waals surface area contributed by atoms with E-state index in [0.717, 1.165) is 11.3 Å². The number of hydrogen-bond donors (Lipinski definition) is 1. The molecule has 98 valence electrons. The molecule has 18 heavy (non-hydrogen) atoms. The van der Waals surface area contributed by atoms with E-state index < -0.39 is 10.0 Å². The second-order valence-corrected chi connectivity index (χ2v) is 7.94. The van der Waals surface area contributed by atoms with Gasteiger partial charge in [-0.1, -0.05) is 16.8 Å². The molecule has 2 rings (SSSR count). The fourth-order valence-corrected chi connectivity index (χ4v) is 4.60. The molecule has 0 unspecified atom stereocenters. The molecule has 0 saturated heterocycles. The lowest BCUT2D eigenvalue weighted by Gasteiger charge is -2.01. The highest BCUT2D eigenvalue weighted by atomic mass is 79.9. The third kappa shape index (κ3) is 3.29. The summed E-state index contributed by atoms with van der Waals surface area (Å²) >= 11 is 10.0. The summed E-state index contributed by atoms with van der Waals surface area (Å²) in [6.45, 7) is 0.178. The minimum atomic E-state index is -3.55. The Labute approximate surface area is 121 Å². The lowest BCUT2D eigenvalue weighted by Crippen LogP contribution is -2.25. The van der Waals surface area contributed by atoms with Crippen molar-refractivity contribution in [1.29, 1.82) is 0 Å². The zero-order chi connectivity index (χ0) is 13.2. The average molecular weight is 373 g/mol. The fourth-order valence-electron chi connectivity index (χ4n) is 1.13. The van der Waals surface area contributed by atoms with Gasteiger partial charge in [-0.3, -0.25) is 0 Å². The summed E-state index contributed by atoms with van der Waals surface area (Å²) in [7, 11) is -3.55. The van der Waals surface area contributed by atoms with E-state index in [0.29, 0.717) is 21.1 Å². The van der Waals surface area contributed by atoms with Crippen molar-refractivity contribution >= 4 is 48.9 Å². The standard InChI is InChI=1S/C8H7BrClN3O3S2/c9-8-5(10)3-7(17-8)18(14,15)13-2-1-6-11-4-12-16-6/h3-4,13H,1-2H2. The van der Waals surface area contributed by atoms with Crippen LogP contribution in [0.3, 0.4) is 0 Å². The average Bonchev–Trinajstić information content (AvgIpc) is 2.90. The van der Waals surface area contributed by atoms with Gasteiger partial charge in [-0.25, -0.2) is 13.1 Å². The Hall–Kier alpha value is -0.480. The van der Waals surface area contributed by atoms with E-state index in [4.69, 9.17) is 16.1 Å². The molecule has 0 aliphatic heterocycles. The van der Waals surface area contributed by atoms with E-state index >= 15 is 0 Å². The van der Waals surface area contributed by atoms with Gasteiger partial charge in [-0.15, -0.1) is 11.3 Å². The van der Waals surface area contributed by atoms with Crippen molar-refractivity contribution in [1.82, 2.24) is 14.9 Å². The SMILES string of the molecule is O=S(=O)(NCCc1ncno1)c1cc(Cl)c(Br)s1. The van der Waals surface area contributed by atoms with E-state index in [1.807, 2.05) is 0 Å².